The summed E-state index contributed by atoms with van der Waals surface area (Å²) in [5.41, 5.74) is 2.83. The highest BCUT2D eigenvalue weighted by Crippen LogP contribution is 2.25. The van der Waals surface area contributed by atoms with Crippen molar-refractivity contribution in [2.75, 3.05) is 13.2 Å². The van der Waals surface area contributed by atoms with Gasteiger partial charge in [0.1, 0.15) is 12.4 Å². The molecule has 2 amide bonds. The van der Waals surface area contributed by atoms with Crippen LogP contribution in [0.15, 0.2) is 78.9 Å². The number of aliphatic carboxylic acids is 1. The predicted molar refractivity (Wildman–Crippen MR) is 115 cm³/mol. The van der Waals surface area contributed by atoms with Gasteiger partial charge >= 0.3 is 5.97 Å². The van der Waals surface area contributed by atoms with Gasteiger partial charge in [0.05, 0.1) is 17.0 Å². The van der Waals surface area contributed by atoms with Crippen molar-refractivity contribution >= 4 is 17.8 Å². The summed E-state index contributed by atoms with van der Waals surface area (Å²) < 4.78 is 5.68. The number of amides is 2. The minimum atomic E-state index is -1.03. The lowest BCUT2D eigenvalue weighted by molar-refractivity contribution is -0.143. The Bertz CT molecular complexity index is 1070. The fraction of sp³-hybridized carbons (Fsp3) is 0.160. The molecule has 0 saturated carbocycles. The van der Waals surface area contributed by atoms with E-state index in [-0.39, 0.29) is 31.4 Å². The average Bonchev–Trinajstić information content (AvgIpc) is 3.04. The van der Waals surface area contributed by atoms with Crippen LogP contribution in [0.2, 0.25) is 0 Å². The number of carbonyl (C=O) groups excluding carboxylic acids is 2. The van der Waals surface area contributed by atoms with Crippen molar-refractivity contribution in [3.8, 4) is 16.9 Å². The van der Waals surface area contributed by atoms with Gasteiger partial charge < -0.3 is 9.84 Å². The van der Waals surface area contributed by atoms with Crippen LogP contribution >= 0.6 is 0 Å². The van der Waals surface area contributed by atoms with Crippen molar-refractivity contribution in [3.63, 3.8) is 0 Å². The molecule has 3 aromatic carbocycles. The van der Waals surface area contributed by atoms with Crippen molar-refractivity contribution in [1.82, 2.24) is 4.90 Å². The number of ether oxygens (including phenoxy) is 1. The van der Waals surface area contributed by atoms with E-state index in [1.165, 1.54) is 0 Å². The van der Waals surface area contributed by atoms with Gasteiger partial charge in [-0.25, -0.2) is 0 Å². The molecule has 0 spiro atoms. The number of rotatable bonds is 8. The van der Waals surface area contributed by atoms with Crippen molar-refractivity contribution in [2.45, 2.75) is 6.42 Å². The Morgan fingerprint density at radius 2 is 1.35 bits per heavy atom. The van der Waals surface area contributed by atoms with Gasteiger partial charge in [0.25, 0.3) is 11.8 Å². The largest absolute Gasteiger partial charge is 0.493 e. The maximum Gasteiger partial charge on any atom is 0.310 e. The van der Waals surface area contributed by atoms with E-state index in [0.717, 1.165) is 16.0 Å². The number of hydrogen-bond acceptors (Lipinski definition) is 4. The smallest absolute Gasteiger partial charge is 0.310 e. The molecule has 1 atom stereocenters. The summed E-state index contributed by atoms with van der Waals surface area (Å²) in [4.78, 5) is 37.7. The molecular formula is C25H21NO5. The Morgan fingerprint density at radius 3 is 1.94 bits per heavy atom. The number of benzene rings is 3. The lowest BCUT2D eigenvalue weighted by atomic mass is 10.1. The van der Waals surface area contributed by atoms with Gasteiger partial charge in [0.2, 0.25) is 0 Å². The minimum Gasteiger partial charge on any atom is -0.493 e. The van der Waals surface area contributed by atoms with E-state index in [1.807, 2.05) is 42.5 Å². The third kappa shape index (κ3) is 4.33. The van der Waals surface area contributed by atoms with Gasteiger partial charge in [-0.3, -0.25) is 19.3 Å². The first-order valence-electron chi connectivity index (χ1n) is 10.0. The third-order valence-electron chi connectivity index (χ3n) is 5.34. The Hall–Kier alpha value is -3.93. The van der Waals surface area contributed by atoms with Gasteiger partial charge in [-0.15, -0.1) is 0 Å². The van der Waals surface area contributed by atoms with Crippen LogP contribution in [0.25, 0.3) is 11.1 Å². The standard InChI is InChI=1S/C25H21NO5/c27-23-21-8-4-5-9-22(21)24(28)26(23)15-14-19(25(29)30)16-31-20-12-10-18(11-13-20)17-6-2-1-3-7-17/h1-13,19H,14-16H2,(H,29,30). The molecule has 0 aromatic heterocycles. The Labute approximate surface area is 179 Å². The molecule has 3 aromatic rings. The zero-order valence-electron chi connectivity index (χ0n) is 16.7. The van der Waals surface area contributed by atoms with Crippen LogP contribution in [0.1, 0.15) is 27.1 Å². The van der Waals surface area contributed by atoms with Gasteiger partial charge in [-0.2, -0.15) is 0 Å². The molecular weight excluding hydrogens is 394 g/mol. The molecule has 0 radical (unpaired) electrons. The maximum atomic E-state index is 12.4. The van der Waals surface area contributed by atoms with Crippen molar-refractivity contribution in [2.24, 2.45) is 5.92 Å². The lowest BCUT2D eigenvalue weighted by Crippen LogP contribution is -2.34. The molecule has 1 unspecified atom stereocenters. The number of nitrogens with zero attached hydrogens (tertiary/aromatic N) is 1. The molecule has 156 valence electrons. The molecule has 6 nitrogen and oxygen atoms in total. The van der Waals surface area contributed by atoms with E-state index in [9.17, 15) is 19.5 Å². The molecule has 0 aliphatic carbocycles. The second kappa shape index (κ2) is 8.83. The fourth-order valence-electron chi connectivity index (χ4n) is 3.58. The molecule has 1 N–H and O–H groups in total. The minimum absolute atomic E-state index is 0.0274. The molecule has 0 bridgehead atoms. The summed E-state index contributed by atoms with van der Waals surface area (Å²) in [6.07, 6.45) is 0.114. The molecule has 0 fully saturated rings. The van der Waals surface area contributed by atoms with Crippen LogP contribution < -0.4 is 4.74 Å². The normalized spacial score (nSPS) is 13.7. The summed E-state index contributed by atoms with van der Waals surface area (Å²) >= 11 is 0. The van der Waals surface area contributed by atoms with Crippen molar-refractivity contribution in [3.05, 3.63) is 90.0 Å². The highest BCUT2D eigenvalue weighted by molar-refractivity contribution is 6.21. The SMILES string of the molecule is O=C(O)C(CCN1C(=O)c2ccccc2C1=O)COc1ccc(-c2ccccc2)cc1. The van der Waals surface area contributed by atoms with Crippen LogP contribution in [0, 0.1) is 5.92 Å². The predicted octanol–water partition coefficient (Wildman–Crippen LogP) is 4.12. The van der Waals surface area contributed by atoms with Crippen molar-refractivity contribution < 1.29 is 24.2 Å². The van der Waals surface area contributed by atoms with Crippen molar-refractivity contribution in [1.29, 1.82) is 0 Å². The fourth-order valence-corrected chi connectivity index (χ4v) is 3.58. The molecule has 1 aliphatic heterocycles. The van der Waals surface area contributed by atoms with E-state index in [1.54, 1.807) is 36.4 Å². The average molecular weight is 415 g/mol. The molecule has 1 aliphatic rings. The van der Waals surface area contributed by atoms with Gasteiger partial charge in [0.15, 0.2) is 0 Å². The number of hydrogen-bond donors (Lipinski definition) is 1. The van der Waals surface area contributed by atoms with E-state index in [0.29, 0.717) is 16.9 Å². The lowest BCUT2D eigenvalue weighted by Gasteiger charge is -2.18. The summed E-state index contributed by atoms with van der Waals surface area (Å²) in [6.45, 7) is -0.0250. The van der Waals surface area contributed by atoms with E-state index in [4.69, 9.17) is 4.74 Å². The van der Waals surface area contributed by atoms with E-state index >= 15 is 0 Å². The molecule has 4 rings (SSSR count). The number of carbonyl (C=O) groups is 3. The van der Waals surface area contributed by atoms with Crippen LogP contribution in [0.4, 0.5) is 0 Å². The molecule has 6 heteroatoms. The second-order valence-corrected chi connectivity index (χ2v) is 7.33. The van der Waals surface area contributed by atoms with Gasteiger partial charge in [-0.05, 0) is 41.8 Å². The third-order valence-corrected chi connectivity index (χ3v) is 5.34. The summed E-state index contributed by atoms with van der Waals surface area (Å²) in [6, 6.07) is 23.9. The number of imide groups is 1. The highest BCUT2D eigenvalue weighted by atomic mass is 16.5. The first-order chi connectivity index (χ1) is 15.0. The number of carboxylic acid groups (broad SMARTS) is 1. The number of carboxylic acids is 1. The van der Waals surface area contributed by atoms with Crippen LogP contribution in [-0.2, 0) is 4.79 Å². The number of fused-ring (bicyclic) bond motifs is 1. The second-order valence-electron chi connectivity index (χ2n) is 7.33. The van der Waals surface area contributed by atoms with Gasteiger partial charge in [-0.1, -0.05) is 54.6 Å². The Morgan fingerprint density at radius 1 is 0.806 bits per heavy atom. The summed E-state index contributed by atoms with van der Waals surface area (Å²) in [5, 5.41) is 9.55. The van der Waals surface area contributed by atoms with Crippen LogP contribution in [0.5, 0.6) is 5.75 Å². The van der Waals surface area contributed by atoms with E-state index < -0.39 is 11.9 Å². The first-order valence-corrected chi connectivity index (χ1v) is 10.0. The monoisotopic (exact) mass is 415 g/mol. The van der Waals surface area contributed by atoms with Gasteiger partial charge in [0, 0.05) is 6.54 Å². The van der Waals surface area contributed by atoms with Crippen LogP contribution in [0.3, 0.4) is 0 Å². The zero-order valence-corrected chi connectivity index (χ0v) is 16.7. The first kappa shape index (κ1) is 20.3. The van der Waals surface area contributed by atoms with Crippen LogP contribution in [-0.4, -0.2) is 40.9 Å². The summed E-state index contributed by atoms with van der Waals surface area (Å²) in [7, 11) is 0. The van der Waals surface area contributed by atoms with E-state index in [2.05, 4.69) is 0 Å². The molecule has 0 saturated heterocycles. The highest BCUT2D eigenvalue weighted by Gasteiger charge is 2.35. The Balaban J connectivity index is 1.35. The topological polar surface area (TPSA) is 83.9 Å². The quantitative estimate of drug-likeness (QED) is 0.560. The Kier molecular flexibility index (Phi) is 5.80. The summed E-state index contributed by atoms with van der Waals surface area (Å²) in [5.74, 6) is -2.09. The molecule has 31 heavy (non-hydrogen) atoms. The zero-order chi connectivity index (χ0) is 21.8. The maximum absolute atomic E-state index is 12.4. The molecule has 1 heterocycles.